The minimum atomic E-state index is -3.63. The highest BCUT2D eigenvalue weighted by molar-refractivity contribution is 7.90. The van der Waals surface area contributed by atoms with E-state index in [-0.39, 0.29) is 27.3 Å². The van der Waals surface area contributed by atoms with E-state index in [0.717, 1.165) is 19.3 Å². The minimum Gasteiger partial charge on any atom is -0.225 e. The Balaban J connectivity index is 1.89. The first-order valence-electron chi connectivity index (χ1n) is 6.70. The molecule has 0 aliphatic heterocycles. The van der Waals surface area contributed by atoms with Crippen molar-refractivity contribution in [1.29, 1.82) is 5.26 Å². The van der Waals surface area contributed by atoms with Crippen molar-refractivity contribution in [2.24, 2.45) is 0 Å². The van der Waals surface area contributed by atoms with Crippen LogP contribution in [0.5, 0.6) is 0 Å². The molecule has 0 radical (unpaired) electrons. The standard InChI is InChI=1S/C13H12ClN5O2S/c14-12-6-11(5-4-9(12)7-15)22(20,21)8-13-16-17-18-19(13)10-2-1-3-10/h4-6,10H,1-3,8H2. The lowest BCUT2D eigenvalue weighted by Crippen LogP contribution is -2.22. The summed E-state index contributed by atoms with van der Waals surface area (Å²) in [5.74, 6) is 0.0313. The molecule has 1 aliphatic rings. The van der Waals surface area contributed by atoms with Crippen molar-refractivity contribution in [3.8, 4) is 6.07 Å². The number of halogens is 1. The molecule has 7 nitrogen and oxygen atoms in total. The fourth-order valence-electron chi connectivity index (χ4n) is 2.26. The lowest BCUT2D eigenvalue weighted by atomic mass is 9.93. The smallest absolute Gasteiger partial charge is 0.185 e. The SMILES string of the molecule is N#Cc1ccc(S(=O)(=O)Cc2nnnn2C2CCC2)cc1Cl. The lowest BCUT2D eigenvalue weighted by molar-refractivity contribution is 0.279. The Morgan fingerprint density at radius 1 is 1.41 bits per heavy atom. The molecule has 3 rings (SSSR count). The quantitative estimate of drug-likeness (QED) is 0.844. The molecule has 1 fully saturated rings. The van der Waals surface area contributed by atoms with Crippen LogP contribution in [0.1, 0.15) is 36.7 Å². The Hall–Kier alpha value is -1.98. The van der Waals surface area contributed by atoms with Crippen molar-refractivity contribution in [1.82, 2.24) is 20.2 Å². The third kappa shape index (κ3) is 2.69. The van der Waals surface area contributed by atoms with E-state index in [1.54, 1.807) is 4.68 Å². The van der Waals surface area contributed by atoms with Gasteiger partial charge in [0.05, 0.1) is 21.5 Å². The van der Waals surface area contributed by atoms with Gasteiger partial charge in [0.2, 0.25) is 0 Å². The second kappa shape index (κ2) is 5.66. The van der Waals surface area contributed by atoms with Crippen LogP contribution in [0.3, 0.4) is 0 Å². The van der Waals surface area contributed by atoms with Gasteiger partial charge in [-0.2, -0.15) is 5.26 Å². The maximum Gasteiger partial charge on any atom is 0.185 e. The van der Waals surface area contributed by atoms with Crippen LogP contribution in [0, 0.1) is 11.3 Å². The van der Waals surface area contributed by atoms with Crippen LogP contribution >= 0.6 is 11.6 Å². The molecule has 1 aromatic carbocycles. The number of hydrogen-bond donors (Lipinski definition) is 0. The fourth-order valence-corrected chi connectivity index (χ4v) is 3.81. The first-order valence-corrected chi connectivity index (χ1v) is 8.73. The highest BCUT2D eigenvalue weighted by Crippen LogP contribution is 2.32. The second-order valence-electron chi connectivity index (χ2n) is 5.14. The molecule has 1 aliphatic carbocycles. The number of nitrogens with zero attached hydrogens (tertiary/aromatic N) is 5. The van der Waals surface area contributed by atoms with E-state index in [2.05, 4.69) is 15.5 Å². The molecule has 0 spiro atoms. The second-order valence-corrected chi connectivity index (χ2v) is 7.53. The molecule has 0 saturated heterocycles. The zero-order valence-corrected chi connectivity index (χ0v) is 13.0. The van der Waals surface area contributed by atoms with Crippen LogP contribution in [0.4, 0.5) is 0 Å². The van der Waals surface area contributed by atoms with Gasteiger partial charge < -0.3 is 0 Å². The molecule has 1 aromatic heterocycles. The molecular weight excluding hydrogens is 326 g/mol. The van der Waals surface area contributed by atoms with Gasteiger partial charge in [-0.1, -0.05) is 11.6 Å². The van der Waals surface area contributed by atoms with Crippen molar-refractivity contribution < 1.29 is 8.42 Å². The summed E-state index contributed by atoms with van der Waals surface area (Å²) in [4.78, 5) is 0.0552. The predicted octanol–water partition coefficient (Wildman–Crippen LogP) is 1.90. The molecule has 0 unspecified atom stereocenters. The third-order valence-electron chi connectivity index (χ3n) is 3.72. The summed E-state index contributed by atoms with van der Waals surface area (Å²) in [5, 5.41) is 20.2. The summed E-state index contributed by atoms with van der Waals surface area (Å²) in [6, 6.07) is 6.13. The molecule has 114 valence electrons. The Morgan fingerprint density at radius 2 is 2.18 bits per heavy atom. The summed E-state index contributed by atoms with van der Waals surface area (Å²) in [6.45, 7) is 0. The summed E-state index contributed by atoms with van der Waals surface area (Å²) < 4.78 is 26.6. The first kappa shape index (κ1) is 14.9. The topological polar surface area (TPSA) is 102 Å². The molecule has 22 heavy (non-hydrogen) atoms. The van der Waals surface area contributed by atoms with E-state index in [0.29, 0.717) is 5.82 Å². The maximum absolute atomic E-state index is 12.5. The van der Waals surface area contributed by atoms with Gasteiger partial charge in [-0.05, 0) is 47.9 Å². The van der Waals surface area contributed by atoms with Crippen LogP contribution in [0.2, 0.25) is 5.02 Å². The van der Waals surface area contributed by atoms with Gasteiger partial charge in [0.15, 0.2) is 15.7 Å². The highest BCUT2D eigenvalue weighted by Gasteiger charge is 2.27. The normalized spacial score (nSPS) is 15.3. The minimum absolute atomic E-state index is 0.0552. The van der Waals surface area contributed by atoms with Crippen LogP contribution in [-0.4, -0.2) is 28.6 Å². The number of nitriles is 1. The largest absolute Gasteiger partial charge is 0.225 e. The number of benzene rings is 1. The van der Waals surface area contributed by atoms with Crippen molar-refractivity contribution in [2.75, 3.05) is 0 Å². The number of aromatic nitrogens is 4. The molecule has 0 atom stereocenters. The van der Waals surface area contributed by atoms with Crippen LogP contribution in [-0.2, 0) is 15.6 Å². The maximum atomic E-state index is 12.5. The van der Waals surface area contributed by atoms with E-state index in [9.17, 15) is 8.42 Å². The number of rotatable bonds is 4. The average Bonchev–Trinajstić information content (AvgIpc) is 2.84. The van der Waals surface area contributed by atoms with E-state index < -0.39 is 9.84 Å². The Bertz CT molecular complexity index is 852. The van der Waals surface area contributed by atoms with E-state index >= 15 is 0 Å². The summed E-state index contributed by atoms with van der Waals surface area (Å²) in [5.41, 5.74) is 0.236. The van der Waals surface area contributed by atoms with Gasteiger partial charge in [-0.3, -0.25) is 0 Å². The van der Waals surface area contributed by atoms with Gasteiger partial charge in [0, 0.05) is 0 Å². The average molecular weight is 338 g/mol. The highest BCUT2D eigenvalue weighted by atomic mass is 35.5. The molecule has 0 bridgehead atoms. The predicted molar refractivity (Wildman–Crippen MR) is 77.8 cm³/mol. The number of sulfone groups is 1. The van der Waals surface area contributed by atoms with Gasteiger partial charge in [-0.15, -0.1) is 5.10 Å². The van der Waals surface area contributed by atoms with E-state index in [4.69, 9.17) is 16.9 Å². The summed E-state index contributed by atoms with van der Waals surface area (Å²) in [7, 11) is -3.63. The van der Waals surface area contributed by atoms with Crippen molar-refractivity contribution in [3.63, 3.8) is 0 Å². The van der Waals surface area contributed by atoms with Crippen molar-refractivity contribution in [2.45, 2.75) is 36.0 Å². The summed E-state index contributed by atoms with van der Waals surface area (Å²) >= 11 is 5.90. The Kier molecular flexibility index (Phi) is 3.85. The van der Waals surface area contributed by atoms with Crippen LogP contribution in [0.25, 0.3) is 0 Å². The van der Waals surface area contributed by atoms with Crippen LogP contribution < -0.4 is 0 Å². The Labute approximate surface area is 132 Å². The first-order chi connectivity index (χ1) is 10.5. The van der Waals surface area contributed by atoms with E-state index in [1.165, 1.54) is 18.2 Å². The zero-order valence-electron chi connectivity index (χ0n) is 11.5. The number of tetrazole rings is 1. The Morgan fingerprint density at radius 3 is 2.77 bits per heavy atom. The van der Waals surface area contributed by atoms with Gasteiger partial charge in [0.25, 0.3) is 0 Å². The molecule has 2 aromatic rings. The number of hydrogen-bond acceptors (Lipinski definition) is 6. The monoisotopic (exact) mass is 337 g/mol. The molecule has 1 heterocycles. The van der Waals surface area contributed by atoms with Crippen molar-refractivity contribution in [3.05, 3.63) is 34.6 Å². The van der Waals surface area contributed by atoms with Crippen LogP contribution in [0.15, 0.2) is 23.1 Å². The third-order valence-corrected chi connectivity index (χ3v) is 5.64. The van der Waals surface area contributed by atoms with Gasteiger partial charge >= 0.3 is 0 Å². The molecular formula is C13H12ClN5O2S. The zero-order chi connectivity index (χ0) is 15.7. The van der Waals surface area contributed by atoms with E-state index in [1.807, 2.05) is 6.07 Å². The molecule has 0 N–H and O–H groups in total. The van der Waals surface area contributed by atoms with Gasteiger partial charge in [-0.25, -0.2) is 13.1 Å². The van der Waals surface area contributed by atoms with Crippen molar-refractivity contribution >= 4 is 21.4 Å². The summed E-state index contributed by atoms with van der Waals surface area (Å²) in [6.07, 6.45) is 3.02. The molecule has 1 saturated carbocycles. The fraction of sp³-hybridized carbons (Fsp3) is 0.385. The molecule has 9 heteroatoms. The van der Waals surface area contributed by atoms with Gasteiger partial charge in [0.1, 0.15) is 11.8 Å². The lowest BCUT2D eigenvalue weighted by Gasteiger charge is -2.25. The molecule has 0 amide bonds.